The van der Waals surface area contributed by atoms with Gasteiger partial charge < -0.3 is 14.2 Å². The lowest BCUT2D eigenvalue weighted by atomic mass is 9.82. The van der Waals surface area contributed by atoms with E-state index >= 15 is 0 Å². The number of rotatable bonds is 6. The second-order valence-electron chi connectivity index (χ2n) is 7.29. The topological polar surface area (TPSA) is 44.8 Å². The SMILES string of the molecule is C=CCOc1cc2c(cc1OC)-c1cc(C(=O)OC)c(-c3ccccc3F)cc1CC2. The molecule has 1 aliphatic carbocycles. The van der Waals surface area contributed by atoms with E-state index in [1.54, 1.807) is 37.5 Å². The monoisotopic (exact) mass is 418 g/mol. The van der Waals surface area contributed by atoms with Crippen LogP contribution in [0.2, 0.25) is 0 Å². The van der Waals surface area contributed by atoms with Crippen LogP contribution in [0.5, 0.6) is 11.5 Å². The molecule has 3 aromatic rings. The molecular formula is C26H23FO4. The van der Waals surface area contributed by atoms with Crippen molar-refractivity contribution in [2.75, 3.05) is 20.8 Å². The number of halogens is 1. The number of ether oxygens (including phenoxy) is 3. The third-order valence-electron chi connectivity index (χ3n) is 5.51. The van der Waals surface area contributed by atoms with Crippen molar-refractivity contribution >= 4 is 5.97 Å². The van der Waals surface area contributed by atoms with Crippen molar-refractivity contribution in [3.63, 3.8) is 0 Å². The standard InChI is InChI=1S/C26H23FO4/c1-4-11-31-25-13-17-10-9-16-12-21(18-7-5-6-8-23(18)27)22(26(28)30-3)14-19(16)20(17)15-24(25)29-2/h4-8,12-15H,1,9-11H2,2-3H3. The quantitative estimate of drug-likeness (QED) is 0.385. The molecular weight excluding hydrogens is 395 g/mol. The zero-order valence-electron chi connectivity index (χ0n) is 17.5. The molecule has 3 aromatic carbocycles. The van der Waals surface area contributed by atoms with Gasteiger partial charge in [-0.05, 0) is 71.0 Å². The summed E-state index contributed by atoms with van der Waals surface area (Å²) in [6.45, 7) is 4.07. The van der Waals surface area contributed by atoms with Gasteiger partial charge in [-0.3, -0.25) is 0 Å². The average Bonchev–Trinajstić information content (AvgIpc) is 2.80. The highest BCUT2D eigenvalue weighted by atomic mass is 19.1. The van der Waals surface area contributed by atoms with E-state index in [0.29, 0.717) is 34.8 Å². The summed E-state index contributed by atoms with van der Waals surface area (Å²) in [5, 5.41) is 0. The third-order valence-corrected chi connectivity index (χ3v) is 5.51. The molecule has 0 bridgehead atoms. The first-order valence-electron chi connectivity index (χ1n) is 10.0. The number of hydrogen-bond acceptors (Lipinski definition) is 4. The molecule has 0 saturated carbocycles. The number of carbonyl (C=O) groups excluding carboxylic acids is 1. The minimum atomic E-state index is -0.508. The molecule has 0 aliphatic heterocycles. The van der Waals surface area contributed by atoms with Crippen LogP contribution in [0.3, 0.4) is 0 Å². The molecule has 0 atom stereocenters. The fourth-order valence-electron chi connectivity index (χ4n) is 4.03. The second kappa shape index (κ2) is 8.64. The molecule has 5 heteroatoms. The van der Waals surface area contributed by atoms with Crippen molar-refractivity contribution < 1.29 is 23.4 Å². The van der Waals surface area contributed by atoms with Crippen LogP contribution in [0.25, 0.3) is 22.3 Å². The van der Waals surface area contributed by atoms with Gasteiger partial charge in [-0.25, -0.2) is 9.18 Å². The second-order valence-corrected chi connectivity index (χ2v) is 7.29. The molecule has 0 amide bonds. The van der Waals surface area contributed by atoms with Gasteiger partial charge in [0.25, 0.3) is 0 Å². The van der Waals surface area contributed by atoms with E-state index in [9.17, 15) is 9.18 Å². The number of fused-ring (bicyclic) bond motifs is 3. The Morgan fingerprint density at radius 3 is 2.35 bits per heavy atom. The van der Waals surface area contributed by atoms with Crippen LogP contribution in [-0.2, 0) is 17.6 Å². The van der Waals surface area contributed by atoms with Crippen LogP contribution in [0, 0.1) is 5.82 Å². The molecule has 4 rings (SSSR count). The van der Waals surface area contributed by atoms with Crippen molar-refractivity contribution in [1.82, 2.24) is 0 Å². The molecule has 0 saturated heterocycles. The van der Waals surface area contributed by atoms with Crippen molar-refractivity contribution in [3.05, 3.63) is 83.7 Å². The van der Waals surface area contributed by atoms with Crippen LogP contribution in [0.15, 0.2) is 61.2 Å². The first-order valence-corrected chi connectivity index (χ1v) is 10.0. The van der Waals surface area contributed by atoms with Crippen LogP contribution in [0.1, 0.15) is 21.5 Å². The summed E-state index contributed by atoms with van der Waals surface area (Å²) in [6.07, 6.45) is 3.24. The molecule has 158 valence electrons. The normalized spacial score (nSPS) is 11.8. The van der Waals surface area contributed by atoms with Crippen LogP contribution < -0.4 is 9.47 Å². The highest BCUT2D eigenvalue weighted by Gasteiger charge is 2.25. The Bertz CT molecular complexity index is 1170. The summed E-state index contributed by atoms with van der Waals surface area (Å²) in [5.74, 6) is 0.368. The van der Waals surface area contributed by atoms with Crippen molar-refractivity contribution in [2.24, 2.45) is 0 Å². The molecule has 0 heterocycles. The Morgan fingerprint density at radius 1 is 0.968 bits per heavy atom. The minimum absolute atomic E-state index is 0.324. The molecule has 0 radical (unpaired) electrons. The number of esters is 1. The average molecular weight is 418 g/mol. The fraction of sp³-hybridized carbons (Fsp3) is 0.192. The van der Waals surface area contributed by atoms with E-state index in [4.69, 9.17) is 14.2 Å². The van der Waals surface area contributed by atoms with Gasteiger partial charge in [0.1, 0.15) is 12.4 Å². The summed E-state index contributed by atoms with van der Waals surface area (Å²) < 4.78 is 30.8. The van der Waals surface area contributed by atoms with E-state index in [2.05, 4.69) is 6.58 Å². The summed E-state index contributed by atoms with van der Waals surface area (Å²) in [7, 11) is 2.92. The van der Waals surface area contributed by atoms with Gasteiger partial charge in [0.15, 0.2) is 11.5 Å². The third kappa shape index (κ3) is 3.79. The van der Waals surface area contributed by atoms with E-state index in [1.165, 1.54) is 13.2 Å². The lowest BCUT2D eigenvalue weighted by molar-refractivity contribution is 0.0601. The molecule has 0 N–H and O–H groups in total. The first kappa shape index (κ1) is 20.7. The van der Waals surface area contributed by atoms with E-state index in [0.717, 1.165) is 35.1 Å². The maximum atomic E-state index is 14.5. The highest BCUT2D eigenvalue weighted by molar-refractivity contribution is 6.00. The lowest BCUT2D eigenvalue weighted by Crippen LogP contribution is -2.10. The van der Waals surface area contributed by atoms with Gasteiger partial charge in [0.05, 0.1) is 19.8 Å². The Morgan fingerprint density at radius 2 is 1.68 bits per heavy atom. The number of benzene rings is 3. The predicted octanol–water partition coefficient (Wildman–Crippen LogP) is 5.62. The van der Waals surface area contributed by atoms with Crippen molar-refractivity contribution in [3.8, 4) is 33.8 Å². The fourth-order valence-corrected chi connectivity index (χ4v) is 4.03. The van der Waals surface area contributed by atoms with Gasteiger partial charge in [0.2, 0.25) is 0 Å². The molecule has 1 aliphatic rings. The Labute approximate surface area is 180 Å². The summed E-state index contributed by atoms with van der Waals surface area (Å²) in [6, 6.07) is 14.0. The number of aryl methyl sites for hydroxylation is 2. The van der Waals surface area contributed by atoms with E-state index in [-0.39, 0.29) is 5.82 Å². The van der Waals surface area contributed by atoms with Gasteiger partial charge in [0, 0.05) is 5.56 Å². The maximum Gasteiger partial charge on any atom is 0.338 e. The van der Waals surface area contributed by atoms with Crippen LogP contribution in [-0.4, -0.2) is 26.8 Å². The lowest BCUT2D eigenvalue weighted by Gasteiger charge is -2.24. The van der Waals surface area contributed by atoms with Gasteiger partial charge in [-0.1, -0.05) is 30.9 Å². The van der Waals surface area contributed by atoms with Crippen LogP contribution in [0.4, 0.5) is 4.39 Å². The van der Waals surface area contributed by atoms with Gasteiger partial charge >= 0.3 is 5.97 Å². The van der Waals surface area contributed by atoms with E-state index < -0.39 is 5.97 Å². The molecule has 0 spiro atoms. The Balaban J connectivity index is 1.91. The Kier molecular flexibility index (Phi) is 5.76. The number of carbonyl (C=O) groups is 1. The number of hydrogen-bond donors (Lipinski definition) is 0. The summed E-state index contributed by atoms with van der Waals surface area (Å²) in [4.78, 5) is 12.6. The summed E-state index contributed by atoms with van der Waals surface area (Å²) in [5.41, 5.74) is 5.25. The van der Waals surface area contributed by atoms with Crippen molar-refractivity contribution in [2.45, 2.75) is 12.8 Å². The maximum absolute atomic E-state index is 14.5. The zero-order valence-corrected chi connectivity index (χ0v) is 17.5. The molecule has 0 fully saturated rings. The summed E-state index contributed by atoms with van der Waals surface area (Å²) >= 11 is 0. The molecule has 0 unspecified atom stereocenters. The first-order chi connectivity index (χ1) is 15.1. The van der Waals surface area contributed by atoms with Crippen LogP contribution >= 0.6 is 0 Å². The molecule has 4 nitrogen and oxygen atoms in total. The minimum Gasteiger partial charge on any atom is -0.493 e. The van der Waals surface area contributed by atoms with Gasteiger partial charge in [-0.15, -0.1) is 0 Å². The zero-order chi connectivity index (χ0) is 22.0. The van der Waals surface area contributed by atoms with E-state index in [1.807, 2.05) is 18.2 Å². The predicted molar refractivity (Wildman–Crippen MR) is 118 cm³/mol. The number of methoxy groups -OCH3 is 2. The molecule has 0 aromatic heterocycles. The Hall–Kier alpha value is -3.60. The largest absolute Gasteiger partial charge is 0.493 e. The van der Waals surface area contributed by atoms with Crippen molar-refractivity contribution in [1.29, 1.82) is 0 Å². The highest BCUT2D eigenvalue weighted by Crippen LogP contribution is 2.43. The molecule has 31 heavy (non-hydrogen) atoms. The van der Waals surface area contributed by atoms with Gasteiger partial charge in [-0.2, -0.15) is 0 Å². The smallest absolute Gasteiger partial charge is 0.338 e.